The molecule has 0 N–H and O–H groups in total. The van der Waals surface area contributed by atoms with Crippen molar-refractivity contribution in [3.63, 3.8) is 0 Å². The number of hydrogen-bond acceptors (Lipinski definition) is 0. The van der Waals surface area contributed by atoms with E-state index in [0.717, 1.165) is 0 Å². The molecule has 0 amide bonds. The molecule has 0 bridgehead atoms. The Labute approximate surface area is 133 Å². The summed E-state index contributed by atoms with van der Waals surface area (Å²) in [6.07, 6.45) is 10.3. The van der Waals surface area contributed by atoms with Gasteiger partial charge in [0.25, 0.3) is 0 Å². The van der Waals surface area contributed by atoms with Gasteiger partial charge in [0.2, 0.25) is 0 Å². The van der Waals surface area contributed by atoms with E-state index >= 15 is 0 Å². The molecule has 1 aromatic rings. The predicted octanol–water partition coefficient (Wildman–Crippen LogP) is 6.88. The molecule has 1 fully saturated rings. The van der Waals surface area contributed by atoms with E-state index < -0.39 is 0 Å². The van der Waals surface area contributed by atoms with Gasteiger partial charge in [-0.15, -0.1) is 0 Å². The fourth-order valence-corrected chi connectivity index (χ4v) is 2.62. The van der Waals surface area contributed by atoms with Gasteiger partial charge in [0.05, 0.1) is 0 Å². The van der Waals surface area contributed by atoms with Gasteiger partial charge in [-0.1, -0.05) is 76.3 Å². The molecule has 0 radical (unpaired) electrons. The van der Waals surface area contributed by atoms with Crippen LogP contribution in [0.4, 0.5) is 0 Å². The van der Waals surface area contributed by atoms with Gasteiger partial charge in [0.15, 0.2) is 0 Å². The molecule has 0 aromatic heterocycles. The molecule has 2 rings (SSSR count). The summed E-state index contributed by atoms with van der Waals surface area (Å²) in [5.41, 5.74) is 3.61. The highest BCUT2D eigenvalue weighted by molar-refractivity contribution is 5.26. The number of aryl methyl sites for hydroxylation is 2. The van der Waals surface area contributed by atoms with Crippen LogP contribution < -0.4 is 0 Å². The van der Waals surface area contributed by atoms with Gasteiger partial charge in [-0.2, -0.15) is 0 Å². The number of hydrogen-bond donors (Lipinski definition) is 0. The summed E-state index contributed by atoms with van der Waals surface area (Å²) < 4.78 is 0. The molecule has 0 aliphatic heterocycles. The van der Waals surface area contributed by atoms with Crippen LogP contribution in [0.1, 0.15) is 59.1 Å². The average Bonchev–Trinajstić information content (AvgIpc) is 2.98. The van der Waals surface area contributed by atoms with E-state index in [0.29, 0.717) is 10.8 Å². The van der Waals surface area contributed by atoms with Gasteiger partial charge in [0.1, 0.15) is 0 Å². The van der Waals surface area contributed by atoms with E-state index in [4.69, 9.17) is 0 Å². The first-order valence-corrected chi connectivity index (χ1v) is 8.18. The molecule has 0 heterocycles. The molecular formula is C21H34. The number of rotatable bonds is 2. The first kappa shape index (κ1) is 19.7. The fourth-order valence-electron chi connectivity index (χ4n) is 2.62. The molecule has 1 aliphatic rings. The second kappa shape index (κ2) is 8.87. The standard InChI is InChI=1S/C11H18.C8H10.C2H6/c1-5-7-10(3)9-11(10,4)8-6-2;1-7-5-3-4-6-8(7)2;1-2/h5-8H,9H2,1-4H3;3-6H,1-2H3;1-2H3/b7-5-,8-6-;;. The minimum absolute atomic E-state index is 0.439. The Morgan fingerprint density at radius 2 is 1.14 bits per heavy atom. The second-order valence-corrected chi connectivity index (χ2v) is 6.10. The average molecular weight is 287 g/mol. The van der Waals surface area contributed by atoms with Gasteiger partial charge in [-0.05, 0) is 56.1 Å². The van der Waals surface area contributed by atoms with E-state index in [1.165, 1.54) is 17.5 Å². The van der Waals surface area contributed by atoms with Crippen molar-refractivity contribution in [1.29, 1.82) is 0 Å². The van der Waals surface area contributed by atoms with Crippen LogP contribution in [-0.2, 0) is 0 Å². The number of allylic oxidation sites excluding steroid dienone is 4. The van der Waals surface area contributed by atoms with Crippen molar-refractivity contribution < 1.29 is 0 Å². The van der Waals surface area contributed by atoms with Crippen LogP contribution in [0.2, 0.25) is 0 Å². The van der Waals surface area contributed by atoms with Crippen LogP contribution in [0.25, 0.3) is 0 Å². The summed E-state index contributed by atoms with van der Waals surface area (Å²) in [7, 11) is 0. The molecule has 1 saturated carbocycles. The van der Waals surface area contributed by atoms with Crippen molar-refractivity contribution in [1.82, 2.24) is 0 Å². The highest BCUT2D eigenvalue weighted by Gasteiger charge is 2.56. The summed E-state index contributed by atoms with van der Waals surface area (Å²) in [5.74, 6) is 0. The van der Waals surface area contributed by atoms with Crippen molar-refractivity contribution in [2.75, 3.05) is 0 Å². The molecule has 2 unspecified atom stereocenters. The smallest absolute Gasteiger partial charge is 0.00496 e. The van der Waals surface area contributed by atoms with Crippen molar-refractivity contribution in [3.8, 4) is 0 Å². The topological polar surface area (TPSA) is 0 Å². The van der Waals surface area contributed by atoms with Crippen molar-refractivity contribution in [2.24, 2.45) is 10.8 Å². The van der Waals surface area contributed by atoms with Gasteiger partial charge >= 0.3 is 0 Å². The lowest BCUT2D eigenvalue weighted by atomic mass is 9.95. The molecule has 0 nitrogen and oxygen atoms in total. The zero-order valence-corrected chi connectivity index (χ0v) is 15.3. The minimum Gasteiger partial charge on any atom is -0.0911 e. The Kier molecular flexibility index (Phi) is 8.32. The normalized spacial score (nSPS) is 26.9. The third-order valence-corrected chi connectivity index (χ3v) is 4.41. The lowest BCUT2D eigenvalue weighted by Gasteiger charge is -2.09. The Hall–Kier alpha value is -1.30. The van der Waals surface area contributed by atoms with E-state index in [1.807, 2.05) is 13.8 Å². The maximum atomic E-state index is 2.33. The quantitative estimate of drug-likeness (QED) is 0.519. The molecule has 0 saturated heterocycles. The Morgan fingerprint density at radius 1 is 0.810 bits per heavy atom. The van der Waals surface area contributed by atoms with Crippen LogP contribution in [0.5, 0.6) is 0 Å². The van der Waals surface area contributed by atoms with E-state index in [2.05, 4.69) is 90.1 Å². The monoisotopic (exact) mass is 286 g/mol. The van der Waals surface area contributed by atoms with Crippen LogP contribution in [0.15, 0.2) is 48.6 Å². The van der Waals surface area contributed by atoms with Crippen molar-refractivity contribution >= 4 is 0 Å². The number of benzene rings is 1. The lowest BCUT2D eigenvalue weighted by molar-refractivity contribution is 0.557. The van der Waals surface area contributed by atoms with Crippen LogP contribution in [-0.4, -0.2) is 0 Å². The Bertz CT molecular complexity index is 424. The zero-order chi connectivity index (χ0) is 16.5. The Morgan fingerprint density at radius 3 is 1.38 bits per heavy atom. The molecule has 0 heteroatoms. The molecule has 21 heavy (non-hydrogen) atoms. The third-order valence-electron chi connectivity index (χ3n) is 4.41. The molecule has 1 aliphatic carbocycles. The van der Waals surface area contributed by atoms with Crippen molar-refractivity contribution in [3.05, 3.63) is 59.7 Å². The molecule has 118 valence electrons. The molecular weight excluding hydrogens is 252 g/mol. The maximum absolute atomic E-state index is 2.33. The largest absolute Gasteiger partial charge is 0.0911 e. The highest BCUT2D eigenvalue weighted by atomic mass is 14.6. The summed E-state index contributed by atoms with van der Waals surface area (Å²) in [4.78, 5) is 0. The predicted molar refractivity (Wildman–Crippen MR) is 97.7 cm³/mol. The maximum Gasteiger partial charge on any atom is -0.00496 e. The highest BCUT2D eigenvalue weighted by Crippen LogP contribution is 2.65. The first-order chi connectivity index (χ1) is 9.88. The van der Waals surface area contributed by atoms with E-state index in [-0.39, 0.29) is 0 Å². The molecule has 1 aromatic carbocycles. The van der Waals surface area contributed by atoms with Gasteiger partial charge in [0, 0.05) is 0 Å². The van der Waals surface area contributed by atoms with E-state index in [1.54, 1.807) is 0 Å². The summed E-state index contributed by atoms with van der Waals surface area (Å²) in [6.45, 7) is 17.1. The first-order valence-electron chi connectivity index (χ1n) is 8.18. The Balaban J connectivity index is 0.000000354. The zero-order valence-electron chi connectivity index (χ0n) is 15.3. The lowest BCUT2D eigenvalue weighted by Crippen LogP contribution is -2.00. The third kappa shape index (κ3) is 5.53. The molecule has 0 spiro atoms. The van der Waals surface area contributed by atoms with Gasteiger partial charge in [-0.3, -0.25) is 0 Å². The minimum atomic E-state index is 0.439. The second-order valence-electron chi connectivity index (χ2n) is 6.10. The van der Waals surface area contributed by atoms with Gasteiger partial charge < -0.3 is 0 Å². The fraction of sp³-hybridized carbons (Fsp3) is 0.524. The summed E-state index contributed by atoms with van der Waals surface area (Å²) in [6, 6.07) is 8.36. The van der Waals surface area contributed by atoms with Crippen LogP contribution in [0, 0.1) is 24.7 Å². The summed E-state index contributed by atoms with van der Waals surface area (Å²) in [5, 5.41) is 0. The van der Waals surface area contributed by atoms with Crippen LogP contribution >= 0.6 is 0 Å². The van der Waals surface area contributed by atoms with Crippen LogP contribution in [0.3, 0.4) is 0 Å². The SMILES string of the molecule is C/C=C\C1(C)CC1(C)/C=C\C.CC.Cc1ccccc1C. The summed E-state index contributed by atoms with van der Waals surface area (Å²) >= 11 is 0. The van der Waals surface area contributed by atoms with E-state index in [9.17, 15) is 0 Å². The van der Waals surface area contributed by atoms with Crippen molar-refractivity contribution in [2.45, 2.75) is 61.8 Å². The van der Waals surface area contributed by atoms with Gasteiger partial charge in [-0.25, -0.2) is 0 Å². The molecule has 2 atom stereocenters.